The molecule has 0 spiro atoms. The summed E-state index contributed by atoms with van der Waals surface area (Å²) in [6.07, 6.45) is 3.39. The van der Waals surface area contributed by atoms with Gasteiger partial charge in [0.15, 0.2) is 0 Å². The molecule has 96 valence electrons. The highest BCUT2D eigenvalue weighted by Crippen LogP contribution is 2.22. The molecule has 3 heteroatoms. The quantitative estimate of drug-likeness (QED) is 0.722. The predicted octanol–water partition coefficient (Wildman–Crippen LogP) is 1.47. The molecule has 0 aliphatic carbocycles. The highest BCUT2D eigenvalue weighted by molar-refractivity contribution is 4.85. The Bertz CT molecular complexity index is 173. The summed E-state index contributed by atoms with van der Waals surface area (Å²) >= 11 is 0. The molecular formula is C13H28N2O. The van der Waals surface area contributed by atoms with Crippen LogP contribution in [0.4, 0.5) is 0 Å². The number of likely N-dealkylation sites (tertiary alicyclic amines) is 1. The summed E-state index contributed by atoms with van der Waals surface area (Å²) < 4.78 is 0. The molecule has 0 bridgehead atoms. The minimum absolute atomic E-state index is 0.331. The van der Waals surface area contributed by atoms with Crippen LogP contribution in [0, 0.1) is 5.92 Å². The fraction of sp³-hybridized carbons (Fsp3) is 1.00. The lowest BCUT2D eigenvalue weighted by atomic mass is 9.90. The molecule has 0 aromatic heterocycles. The predicted molar refractivity (Wildman–Crippen MR) is 68.6 cm³/mol. The molecule has 0 aromatic carbocycles. The highest BCUT2D eigenvalue weighted by atomic mass is 16.3. The lowest BCUT2D eigenvalue weighted by molar-refractivity contribution is 0.0895. The topological polar surface area (TPSA) is 35.5 Å². The van der Waals surface area contributed by atoms with Crippen LogP contribution in [0.3, 0.4) is 0 Å². The maximum absolute atomic E-state index is 9.08. The summed E-state index contributed by atoms with van der Waals surface area (Å²) in [6.45, 7) is 10.4. The van der Waals surface area contributed by atoms with E-state index in [0.717, 1.165) is 19.5 Å². The molecule has 16 heavy (non-hydrogen) atoms. The Morgan fingerprint density at radius 2 is 2.12 bits per heavy atom. The first-order valence-corrected chi connectivity index (χ1v) is 6.79. The second-order valence-corrected chi connectivity index (χ2v) is 5.08. The van der Waals surface area contributed by atoms with Gasteiger partial charge >= 0.3 is 0 Å². The van der Waals surface area contributed by atoms with E-state index in [1.807, 2.05) is 0 Å². The molecule has 1 aliphatic heterocycles. The number of nitrogens with zero attached hydrogens (tertiary/aromatic N) is 1. The zero-order valence-electron chi connectivity index (χ0n) is 11.1. The average molecular weight is 228 g/mol. The molecule has 1 saturated heterocycles. The average Bonchev–Trinajstić information content (AvgIpc) is 2.28. The number of piperidine rings is 1. The smallest absolute Gasteiger partial charge is 0.0434 e. The molecule has 1 rings (SSSR count). The van der Waals surface area contributed by atoms with Gasteiger partial charge in [-0.25, -0.2) is 0 Å². The number of hydrogen-bond acceptors (Lipinski definition) is 3. The maximum atomic E-state index is 9.08. The van der Waals surface area contributed by atoms with Crippen molar-refractivity contribution in [3.63, 3.8) is 0 Å². The minimum atomic E-state index is 0.331. The Morgan fingerprint density at radius 1 is 1.38 bits per heavy atom. The number of nitrogens with one attached hydrogen (secondary N) is 1. The van der Waals surface area contributed by atoms with Crippen molar-refractivity contribution in [2.24, 2.45) is 5.92 Å². The fourth-order valence-corrected chi connectivity index (χ4v) is 2.69. The Hall–Kier alpha value is -0.120. The second kappa shape index (κ2) is 7.25. The van der Waals surface area contributed by atoms with E-state index in [2.05, 4.69) is 31.0 Å². The summed E-state index contributed by atoms with van der Waals surface area (Å²) in [4.78, 5) is 2.58. The van der Waals surface area contributed by atoms with Gasteiger partial charge in [0, 0.05) is 31.8 Å². The Balaban J connectivity index is 2.51. The van der Waals surface area contributed by atoms with Gasteiger partial charge in [0.1, 0.15) is 0 Å². The number of aliphatic hydroxyl groups is 1. The normalized spacial score (nSPS) is 29.2. The third-order valence-electron chi connectivity index (χ3n) is 3.81. The van der Waals surface area contributed by atoms with Crippen LogP contribution in [0.15, 0.2) is 0 Å². The van der Waals surface area contributed by atoms with Crippen molar-refractivity contribution < 1.29 is 5.11 Å². The summed E-state index contributed by atoms with van der Waals surface area (Å²) in [7, 11) is 0. The first-order chi connectivity index (χ1) is 7.71. The first kappa shape index (κ1) is 13.9. The SMILES string of the molecule is CCNC1CC(CCO)CN(C(C)CC)C1. The van der Waals surface area contributed by atoms with E-state index < -0.39 is 0 Å². The van der Waals surface area contributed by atoms with Crippen molar-refractivity contribution in [3.8, 4) is 0 Å². The fourth-order valence-electron chi connectivity index (χ4n) is 2.69. The number of hydrogen-bond donors (Lipinski definition) is 2. The van der Waals surface area contributed by atoms with E-state index in [9.17, 15) is 0 Å². The molecule has 3 nitrogen and oxygen atoms in total. The minimum Gasteiger partial charge on any atom is -0.396 e. The first-order valence-electron chi connectivity index (χ1n) is 6.79. The van der Waals surface area contributed by atoms with Crippen LogP contribution >= 0.6 is 0 Å². The van der Waals surface area contributed by atoms with Crippen LogP contribution < -0.4 is 5.32 Å². The van der Waals surface area contributed by atoms with Gasteiger partial charge in [0.2, 0.25) is 0 Å². The van der Waals surface area contributed by atoms with E-state index in [1.165, 1.54) is 19.4 Å². The third kappa shape index (κ3) is 4.04. The third-order valence-corrected chi connectivity index (χ3v) is 3.81. The summed E-state index contributed by atoms with van der Waals surface area (Å²) in [5, 5.41) is 12.6. The van der Waals surface area contributed by atoms with Crippen LogP contribution in [0.2, 0.25) is 0 Å². The van der Waals surface area contributed by atoms with Crippen molar-refractivity contribution in [2.75, 3.05) is 26.2 Å². The maximum Gasteiger partial charge on any atom is 0.0434 e. The molecule has 0 radical (unpaired) electrons. The molecule has 2 N–H and O–H groups in total. The molecule has 0 amide bonds. The largest absolute Gasteiger partial charge is 0.396 e. The van der Waals surface area contributed by atoms with Crippen molar-refractivity contribution in [1.82, 2.24) is 10.2 Å². The van der Waals surface area contributed by atoms with E-state index in [1.54, 1.807) is 0 Å². The van der Waals surface area contributed by atoms with Crippen molar-refractivity contribution in [2.45, 2.75) is 52.1 Å². The number of likely N-dealkylation sites (N-methyl/N-ethyl adjacent to an activating group) is 1. The van der Waals surface area contributed by atoms with Gasteiger partial charge in [0.25, 0.3) is 0 Å². The molecule has 0 saturated carbocycles. The molecule has 3 unspecified atom stereocenters. The summed E-state index contributed by atoms with van der Waals surface area (Å²) in [6, 6.07) is 1.28. The lowest BCUT2D eigenvalue weighted by Crippen LogP contribution is -2.52. The van der Waals surface area contributed by atoms with Crippen molar-refractivity contribution in [3.05, 3.63) is 0 Å². The van der Waals surface area contributed by atoms with Gasteiger partial charge in [-0.2, -0.15) is 0 Å². The summed E-state index contributed by atoms with van der Waals surface area (Å²) in [5.41, 5.74) is 0. The van der Waals surface area contributed by atoms with Crippen LogP contribution in [0.1, 0.15) is 40.0 Å². The number of aliphatic hydroxyl groups excluding tert-OH is 1. The van der Waals surface area contributed by atoms with Crippen molar-refractivity contribution >= 4 is 0 Å². The zero-order valence-corrected chi connectivity index (χ0v) is 11.1. The molecular weight excluding hydrogens is 200 g/mol. The monoisotopic (exact) mass is 228 g/mol. The van der Waals surface area contributed by atoms with E-state index >= 15 is 0 Å². The molecule has 0 aromatic rings. The van der Waals surface area contributed by atoms with Gasteiger partial charge in [-0.1, -0.05) is 13.8 Å². The van der Waals surface area contributed by atoms with Gasteiger partial charge in [-0.05, 0) is 38.6 Å². The Labute approximate surface area is 100 Å². The van der Waals surface area contributed by atoms with Gasteiger partial charge in [-0.15, -0.1) is 0 Å². The molecule has 3 atom stereocenters. The van der Waals surface area contributed by atoms with E-state index in [0.29, 0.717) is 24.6 Å². The molecule has 1 heterocycles. The lowest BCUT2D eigenvalue weighted by Gasteiger charge is -2.41. The molecule has 1 fully saturated rings. The van der Waals surface area contributed by atoms with Crippen LogP contribution in [0.5, 0.6) is 0 Å². The molecule has 1 aliphatic rings. The zero-order chi connectivity index (χ0) is 12.0. The second-order valence-electron chi connectivity index (χ2n) is 5.08. The van der Waals surface area contributed by atoms with Crippen LogP contribution in [-0.4, -0.2) is 48.3 Å². The summed E-state index contributed by atoms with van der Waals surface area (Å²) in [5.74, 6) is 0.664. The standard InChI is InChI=1S/C13H28N2O/c1-4-11(3)15-9-12(6-7-16)8-13(10-15)14-5-2/h11-14,16H,4-10H2,1-3H3. The highest BCUT2D eigenvalue weighted by Gasteiger charge is 2.28. The van der Waals surface area contributed by atoms with Gasteiger partial charge < -0.3 is 10.4 Å². The van der Waals surface area contributed by atoms with Crippen LogP contribution in [0.25, 0.3) is 0 Å². The van der Waals surface area contributed by atoms with Gasteiger partial charge in [-0.3, -0.25) is 4.90 Å². The van der Waals surface area contributed by atoms with E-state index in [4.69, 9.17) is 5.11 Å². The van der Waals surface area contributed by atoms with Crippen molar-refractivity contribution in [1.29, 1.82) is 0 Å². The Morgan fingerprint density at radius 3 is 2.69 bits per heavy atom. The Kier molecular flexibility index (Phi) is 6.32. The van der Waals surface area contributed by atoms with E-state index in [-0.39, 0.29) is 0 Å². The van der Waals surface area contributed by atoms with Gasteiger partial charge in [0.05, 0.1) is 0 Å². The number of rotatable bonds is 6. The van der Waals surface area contributed by atoms with Crippen LogP contribution in [-0.2, 0) is 0 Å².